The first kappa shape index (κ1) is 16.3. The Bertz CT molecular complexity index is 696. The highest BCUT2D eigenvalue weighted by Crippen LogP contribution is 2.40. The highest BCUT2D eigenvalue weighted by Gasteiger charge is 2.53. The molecule has 0 unspecified atom stereocenters. The van der Waals surface area contributed by atoms with Crippen molar-refractivity contribution in [3.63, 3.8) is 0 Å². The van der Waals surface area contributed by atoms with Crippen molar-refractivity contribution in [2.75, 3.05) is 25.9 Å². The van der Waals surface area contributed by atoms with Crippen molar-refractivity contribution in [1.82, 2.24) is 19.2 Å². The van der Waals surface area contributed by atoms with Crippen molar-refractivity contribution < 1.29 is 18.3 Å². The van der Waals surface area contributed by atoms with Crippen LogP contribution in [0.4, 0.5) is 0 Å². The fourth-order valence-corrected chi connectivity index (χ4v) is 5.08. The molecule has 1 aromatic heterocycles. The Morgan fingerprint density at radius 1 is 1.30 bits per heavy atom. The van der Waals surface area contributed by atoms with Crippen molar-refractivity contribution in [3.05, 3.63) is 24.3 Å². The van der Waals surface area contributed by atoms with Crippen molar-refractivity contribution >= 4 is 15.9 Å². The summed E-state index contributed by atoms with van der Waals surface area (Å²) in [5, 5.41) is 10.6. The second kappa shape index (κ2) is 5.81. The quantitative estimate of drug-likeness (QED) is 0.777. The molecule has 2 aliphatic rings. The predicted octanol–water partition coefficient (Wildman–Crippen LogP) is -0.522. The van der Waals surface area contributed by atoms with Gasteiger partial charge in [-0.05, 0) is 25.3 Å². The van der Waals surface area contributed by atoms with Gasteiger partial charge < -0.3 is 10.0 Å². The highest BCUT2D eigenvalue weighted by atomic mass is 32.2. The van der Waals surface area contributed by atoms with Crippen LogP contribution in [-0.2, 0) is 10.0 Å². The van der Waals surface area contributed by atoms with Crippen LogP contribution in [0.25, 0.3) is 0 Å². The molecule has 9 heteroatoms. The van der Waals surface area contributed by atoms with Crippen LogP contribution in [0.3, 0.4) is 0 Å². The summed E-state index contributed by atoms with van der Waals surface area (Å²) in [5.41, 5.74) is -0.790. The lowest BCUT2D eigenvalue weighted by molar-refractivity contribution is -0.0295. The number of rotatable bonds is 2. The largest absolute Gasteiger partial charge is 0.389 e. The molecule has 3 heterocycles. The minimum Gasteiger partial charge on any atom is -0.389 e. The van der Waals surface area contributed by atoms with Crippen LogP contribution in [0.2, 0.25) is 0 Å². The number of aromatic nitrogens is 2. The molecule has 0 bridgehead atoms. The second-order valence-corrected chi connectivity index (χ2v) is 8.04. The number of β-amino-alcohol motifs (C(OH)–C–C–N with tert-alkyl or cyclic N) is 1. The van der Waals surface area contributed by atoms with E-state index in [4.69, 9.17) is 0 Å². The third kappa shape index (κ3) is 2.84. The Hall–Kier alpha value is -1.58. The summed E-state index contributed by atoms with van der Waals surface area (Å²) in [6.07, 6.45) is 4.99. The summed E-state index contributed by atoms with van der Waals surface area (Å²) in [7, 11) is -3.39. The number of carbonyl (C=O) groups excluding carboxylic acids is 1. The Balaban J connectivity index is 1.79. The molecule has 1 amide bonds. The summed E-state index contributed by atoms with van der Waals surface area (Å²) in [6, 6.07) is 1.62. The topological polar surface area (TPSA) is 104 Å². The zero-order valence-corrected chi connectivity index (χ0v) is 13.7. The standard InChI is InChI=1S/C14H20N4O4S/c1-23(21,22)18-8-2-4-14(18)5-9-17(10-11(14)19)13(20)12-15-6-3-7-16-12/h3,6-7,11,19H,2,4-5,8-10H2,1H3/t11-,14-/m0/s1. The summed E-state index contributed by atoms with van der Waals surface area (Å²) in [5.74, 6) is -0.259. The van der Waals surface area contributed by atoms with Gasteiger partial charge in [0.2, 0.25) is 15.8 Å². The van der Waals surface area contributed by atoms with Crippen LogP contribution in [0.1, 0.15) is 29.9 Å². The van der Waals surface area contributed by atoms with Crippen LogP contribution in [0, 0.1) is 0 Å². The van der Waals surface area contributed by atoms with Crippen LogP contribution in [0.15, 0.2) is 18.5 Å². The van der Waals surface area contributed by atoms with E-state index in [2.05, 4.69) is 9.97 Å². The molecule has 8 nitrogen and oxygen atoms in total. The summed E-state index contributed by atoms with van der Waals surface area (Å²) >= 11 is 0. The molecule has 2 fully saturated rings. The maximum Gasteiger partial charge on any atom is 0.291 e. The molecule has 1 N–H and O–H groups in total. The van der Waals surface area contributed by atoms with Gasteiger partial charge in [-0.15, -0.1) is 0 Å². The zero-order valence-electron chi connectivity index (χ0n) is 12.9. The maximum atomic E-state index is 12.4. The second-order valence-electron chi connectivity index (χ2n) is 6.13. The van der Waals surface area contributed by atoms with Gasteiger partial charge in [-0.2, -0.15) is 4.31 Å². The lowest BCUT2D eigenvalue weighted by atomic mass is 9.83. The number of sulfonamides is 1. The molecule has 2 saturated heterocycles. The third-order valence-corrected chi connectivity index (χ3v) is 6.09. The first-order valence-corrected chi connectivity index (χ1v) is 9.41. The minimum atomic E-state index is -3.39. The van der Waals surface area contributed by atoms with Crippen molar-refractivity contribution in [2.45, 2.75) is 30.9 Å². The number of hydrogen-bond acceptors (Lipinski definition) is 6. The van der Waals surface area contributed by atoms with Gasteiger partial charge in [0, 0.05) is 32.0 Å². The normalized spacial score (nSPS) is 29.1. The Kier molecular flexibility index (Phi) is 4.11. The third-order valence-electron chi connectivity index (χ3n) is 4.74. The van der Waals surface area contributed by atoms with E-state index in [1.807, 2.05) is 0 Å². The molecule has 3 rings (SSSR count). The number of aliphatic hydroxyl groups excluding tert-OH is 1. The average molecular weight is 340 g/mol. The Morgan fingerprint density at radius 2 is 2.00 bits per heavy atom. The van der Waals surface area contributed by atoms with Gasteiger partial charge in [-0.1, -0.05) is 0 Å². The van der Waals surface area contributed by atoms with E-state index in [9.17, 15) is 18.3 Å². The summed E-state index contributed by atoms with van der Waals surface area (Å²) in [4.78, 5) is 21.7. The summed E-state index contributed by atoms with van der Waals surface area (Å²) in [6.45, 7) is 0.884. The highest BCUT2D eigenvalue weighted by molar-refractivity contribution is 7.88. The van der Waals surface area contributed by atoms with Gasteiger partial charge in [-0.3, -0.25) is 4.79 Å². The number of amides is 1. The number of nitrogens with zero attached hydrogens (tertiary/aromatic N) is 4. The number of aliphatic hydroxyl groups is 1. The maximum absolute atomic E-state index is 12.4. The fraction of sp³-hybridized carbons (Fsp3) is 0.643. The first-order valence-electron chi connectivity index (χ1n) is 7.57. The molecule has 0 radical (unpaired) electrons. The monoisotopic (exact) mass is 340 g/mol. The van der Waals surface area contributed by atoms with Crippen molar-refractivity contribution in [3.8, 4) is 0 Å². The number of likely N-dealkylation sites (tertiary alicyclic amines) is 1. The van der Waals surface area contributed by atoms with E-state index >= 15 is 0 Å². The molecule has 2 atom stereocenters. The van der Waals surface area contributed by atoms with Gasteiger partial charge in [0.25, 0.3) is 5.91 Å². The molecule has 23 heavy (non-hydrogen) atoms. The molecule has 0 aliphatic carbocycles. The Labute approximate surface area is 135 Å². The molecule has 2 aliphatic heterocycles. The SMILES string of the molecule is CS(=O)(=O)N1CCC[C@@]12CCN(C(=O)c1ncccn1)C[C@@H]2O. The van der Waals surface area contributed by atoms with Gasteiger partial charge >= 0.3 is 0 Å². The number of carbonyl (C=O) groups is 1. The molecule has 1 aromatic rings. The van der Waals surface area contributed by atoms with Gasteiger partial charge in [-0.25, -0.2) is 18.4 Å². The molecular weight excluding hydrogens is 320 g/mol. The molecule has 0 aromatic carbocycles. The molecule has 1 spiro atoms. The smallest absolute Gasteiger partial charge is 0.291 e. The average Bonchev–Trinajstić information content (AvgIpc) is 2.95. The van der Waals surface area contributed by atoms with Crippen molar-refractivity contribution in [2.24, 2.45) is 0 Å². The van der Waals surface area contributed by atoms with Crippen LogP contribution >= 0.6 is 0 Å². The van der Waals surface area contributed by atoms with Crippen molar-refractivity contribution in [1.29, 1.82) is 0 Å². The van der Waals surface area contributed by atoms with Crippen LogP contribution in [-0.4, -0.2) is 76.1 Å². The fourth-order valence-electron chi connectivity index (χ4n) is 3.66. The molecule has 126 valence electrons. The van der Waals surface area contributed by atoms with E-state index in [1.165, 1.54) is 27.9 Å². The zero-order chi connectivity index (χ0) is 16.7. The first-order chi connectivity index (χ1) is 10.8. The predicted molar refractivity (Wildman–Crippen MR) is 82.1 cm³/mol. The van der Waals surface area contributed by atoms with E-state index in [-0.39, 0.29) is 18.3 Å². The van der Waals surface area contributed by atoms with Gasteiger partial charge in [0.1, 0.15) is 0 Å². The summed E-state index contributed by atoms with van der Waals surface area (Å²) < 4.78 is 25.4. The van der Waals surface area contributed by atoms with E-state index < -0.39 is 21.7 Å². The van der Waals surface area contributed by atoms with E-state index in [0.717, 1.165) is 6.42 Å². The van der Waals surface area contributed by atoms with E-state index in [0.29, 0.717) is 25.9 Å². The van der Waals surface area contributed by atoms with Gasteiger partial charge in [0.15, 0.2) is 0 Å². The lowest BCUT2D eigenvalue weighted by Gasteiger charge is -2.47. The Morgan fingerprint density at radius 3 is 2.61 bits per heavy atom. The van der Waals surface area contributed by atoms with Crippen LogP contribution in [0.5, 0.6) is 0 Å². The lowest BCUT2D eigenvalue weighted by Crippen LogP contribution is -2.63. The number of hydrogen-bond donors (Lipinski definition) is 1. The van der Waals surface area contributed by atoms with Crippen LogP contribution < -0.4 is 0 Å². The molecule has 0 saturated carbocycles. The van der Waals surface area contributed by atoms with E-state index in [1.54, 1.807) is 6.07 Å². The minimum absolute atomic E-state index is 0.0852. The number of piperidine rings is 1. The molecular formula is C14H20N4O4S. The van der Waals surface area contributed by atoms with Gasteiger partial charge in [0.05, 0.1) is 17.9 Å².